The van der Waals surface area contributed by atoms with E-state index >= 15 is 0 Å². The van der Waals surface area contributed by atoms with Crippen LogP contribution < -0.4 is 5.56 Å². The maximum absolute atomic E-state index is 13.2. The zero-order valence-electron chi connectivity index (χ0n) is 17.1. The van der Waals surface area contributed by atoms with E-state index in [1.807, 2.05) is 13.0 Å². The summed E-state index contributed by atoms with van der Waals surface area (Å²) in [4.78, 5) is 28.8. The number of aromatic amines is 1. The molecule has 9 nitrogen and oxygen atoms in total. The van der Waals surface area contributed by atoms with Gasteiger partial charge in [-0.25, -0.2) is 24.0 Å². The number of hydrogen-bond acceptors (Lipinski definition) is 7. The maximum atomic E-state index is 13.2. The van der Waals surface area contributed by atoms with Gasteiger partial charge in [-0.2, -0.15) is 10.4 Å². The predicted molar refractivity (Wildman–Crippen MR) is 108 cm³/mol. The lowest BCUT2D eigenvalue weighted by molar-refractivity contribution is 0.0501. The SMILES string of the molecule is C[C@@H](C1CCOCC1)n1nc(C#N)c2c(=O)[nH]c([C@@H]3CC[C@H]3c3ncc(F)cn3)nc21. The summed E-state index contributed by atoms with van der Waals surface area (Å²) in [6.07, 6.45) is 5.75. The Kier molecular flexibility index (Phi) is 4.98. The Labute approximate surface area is 177 Å². The van der Waals surface area contributed by atoms with Gasteiger partial charge in [0, 0.05) is 25.0 Å². The van der Waals surface area contributed by atoms with E-state index in [0.717, 1.165) is 38.1 Å². The molecular formula is C21H22FN7O2. The molecule has 10 heteroatoms. The highest BCUT2D eigenvalue weighted by Gasteiger charge is 2.38. The zero-order chi connectivity index (χ0) is 21.5. The van der Waals surface area contributed by atoms with E-state index in [2.05, 4.69) is 20.1 Å². The summed E-state index contributed by atoms with van der Waals surface area (Å²) in [5.74, 6) is 0.809. The number of aromatic nitrogens is 6. The molecular weight excluding hydrogens is 401 g/mol. The van der Waals surface area contributed by atoms with E-state index in [9.17, 15) is 14.4 Å². The number of ether oxygens (including phenoxy) is 1. The number of nitriles is 1. The molecule has 3 aromatic heterocycles. The Balaban J connectivity index is 1.55. The second kappa shape index (κ2) is 7.81. The Morgan fingerprint density at radius 1 is 1.23 bits per heavy atom. The first kappa shape index (κ1) is 19.8. The summed E-state index contributed by atoms with van der Waals surface area (Å²) in [6, 6.07) is 2.01. The van der Waals surface area contributed by atoms with Gasteiger partial charge in [-0.1, -0.05) is 0 Å². The largest absolute Gasteiger partial charge is 0.381 e. The van der Waals surface area contributed by atoms with Crippen molar-refractivity contribution in [1.82, 2.24) is 29.7 Å². The molecule has 1 saturated heterocycles. The lowest BCUT2D eigenvalue weighted by Crippen LogP contribution is -2.28. The van der Waals surface area contributed by atoms with Gasteiger partial charge in [0.2, 0.25) is 0 Å². The monoisotopic (exact) mass is 423 g/mol. The van der Waals surface area contributed by atoms with E-state index in [1.165, 1.54) is 0 Å². The molecule has 0 aromatic carbocycles. The molecule has 0 unspecified atom stereocenters. The second-order valence-electron chi connectivity index (χ2n) is 8.29. The van der Waals surface area contributed by atoms with Crippen LogP contribution in [0.2, 0.25) is 0 Å². The smallest absolute Gasteiger partial charge is 0.263 e. The van der Waals surface area contributed by atoms with Crippen LogP contribution in [0.5, 0.6) is 0 Å². The molecule has 0 bridgehead atoms. The Morgan fingerprint density at radius 3 is 2.58 bits per heavy atom. The fourth-order valence-corrected chi connectivity index (χ4v) is 4.65. The van der Waals surface area contributed by atoms with Crippen molar-refractivity contribution in [3.63, 3.8) is 0 Å². The summed E-state index contributed by atoms with van der Waals surface area (Å²) in [7, 11) is 0. The van der Waals surface area contributed by atoms with Crippen LogP contribution in [0, 0.1) is 23.1 Å². The maximum Gasteiger partial charge on any atom is 0.263 e. The number of H-pyrrole nitrogens is 1. The fourth-order valence-electron chi connectivity index (χ4n) is 4.65. The lowest BCUT2D eigenvalue weighted by atomic mass is 9.72. The Bertz CT molecular complexity index is 1210. The van der Waals surface area contributed by atoms with Gasteiger partial charge in [-0.3, -0.25) is 4.79 Å². The summed E-state index contributed by atoms with van der Waals surface area (Å²) >= 11 is 0. The van der Waals surface area contributed by atoms with Crippen molar-refractivity contribution in [2.24, 2.45) is 5.92 Å². The average molecular weight is 423 g/mol. The number of nitrogens with zero attached hydrogens (tertiary/aromatic N) is 6. The number of halogens is 1. The molecule has 4 heterocycles. The molecule has 160 valence electrons. The molecule has 1 saturated carbocycles. The topological polar surface area (TPSA) is 122 Å². The molecule has 2 aliphatic rings. The normalized spacial score (nSPS) is 22.7. The van der Waals surface area contributed by atoms with Crippen molar-refractivity contribution in [3.8, 4) is 6.07 Å². The molecule has 0 spiro atoms. The van der Waals surface area contributed by atoms with E-state index in [1.54, 1.807) is 4.68 Å². The Morgan fingerprint density at radius 2 is 1.94 bits per heavy atom. The number of fused-ring (bicyclic) bond motifs is 1. The third-order valence-corrected chi connectivity index (χ3v) is 6.62. The summed E-state index contributed by atoms with van der Waals surface area (Å²) in [5.41, 5.74) is 0.147. The van der Waals surface area contributed by atoms with Gasteiger partial charge >= 0.3 is 0 Å². The number of hydrogen-bond donors (Lipinski definition) is 1. The van der Waals surface area contributed by atoms with E-state index in [0.29, 0.717) is 36.4 Å². The molecule has 1 N–H and O–H groups in total. The van der Waals surface area contributed by atoms with Crippen molar-refractivity contribution in [3.05, 3.63) is 45.9 Å². The van der Waals surface area contributed by atoms with Crippen molar-refractivity contribution in [2.75, 3.05) is 13.2 Å². The molecule has 1 aliphatic heterocycles. The highest BCUT2D eigenvalue weighted by Crippen LogP contribution is 2.46. The van der Waals surface area contributed by atoms with Crippen LogP contribution in [0.15, 0.2) is 17.2 Å². The number of rotatable bonds is 4. The molecule has 3 aromatic rings. The molecule has 3 atom stereocenters. The van der Waals surface area contributed by atoms with Crippen LogP contribution in [0.25, 0.3) is 11.0 Å². The minimum atomic E-state index is -0.484. The number of nitrogens with one attached hydrogen (secondary N) is 1. The first-order valence-electron chi connectivity index (χ1n) is 10.5. The molecule has 5 rings (SSSR count). The zero-order valence-corrected chi connectivity index (χ0v) is 17.1. The van der Waals surface area contributed by atoms with Gasteiger partial charge in [-0.15, -0.1) is 0 Å². The van der Waals surface area contributed by atoms with Crippen LogP contribution in [-0.2, 0) is 4.74 Å². The minimum Gasteiger partial charge on any atom is -0.381 e. The van der Waals surface area contributed by atoms with Crippen LogP contribution in [0.4, 0.5) is 4.39 Å². The molecule has 0 amide bonds. The van der Waals surface area contributed by atoms with Crippen molar-refractivity contribution in [2.45, 2.75) is 50.5 Å². The predicted octanol–water partition coefficient (Wildman–Crippen LogP) is 2.57. The first-order valence-corrected chi connectivity index (χ1v) is 10.5. The first-order chi connectivity index (χ1) is 15.1. The van der Waals surface area contributed by atoms with Crippen LogP contribution >= 0.6 is 0 Å². The summed E-state index contributed by atoms with van der Waals surface area (Å²) in [6.45, 7) is 3.44. The van der Waals surface area contributed by atoms with Crippen molar-refractivity contribution in [1.29, 1.82) is 5.26 Å². The molecule has 0 radical (unpaired) electrons. The average Bonchev–Trinajstić information content (AvgIpc) is 3.14. The summed E-state index contributed by atoms with van der Waals surface area (Å²) in [5, 5.41) is 14.2. The third-order valence-electron chi connectivity index (χ3n) is 6.62. The molecule has 1 aliphatic carbocycles. The van der Waals surface area contributed by atoms with E-state index in [4.69, 9.17) is 9.72 Å². The third kappa shape index (κ3) is 3.39. The van der Waals surface area contributed by atoms with E-state index in [-0.39, 0.29) is 34.5 Å². The quantitative estimate of drug-likeness (QED) is 0.684. The van der Waals surface area contributed by atoms with Gasteiger partial charge in [0.05, 0.1) is 18.4 Å². The van der Waals surface area contributed by atoms with Crippen molar-refractivity contribution < 1.29 is 9.13 Å². The standard InChI is InChI=1S/C21H22FN7O2/c1-11(12-4-6-31-7-5-12)29-20-17(16(8-23)28-29)21(30)27-19(26-20)15-3-2-14(15)18-24-9-13(22)10-25-18/h9-12,14-15H,2-7H2,1H3,(H,26,27,30)/t11-,14+,15+/m0/s1. The fraction of sp³-hybridized carbons (Fsp3) is 0.524. The van der Waals surface area contributed by atoms with E-state index < -0.39 is 5.82 Å². The van der Waals surface area contributed by atoms with Crippen molar-refractivity contribution >= 4 is 11.0 Å². The van der Waals surface area contributed by atoms with Crippen LogP contribution in [-0.4, -0.2) is 42.9 Å². The van der Waals surface area contributed by atoms with Gasteiger partial charge in [0.25, 0.3) is 5.56 Å². The van der Waals surface area contributed by atoms with Gasteiger partial charge < -0.3 is 9.72 Å². The van der Waals surface area contributed by atoms with Gasteiger partial charge in [-0.05, 0) is 38.5 Å². The molecule has 2 fully saturated rings. The van der Waals surface area contributed by atoms with Gasteiger partial charge in [0.1, 0.15) is 23.1 Å². The minimum absolute atomic E-state index is 0.0201. The van der Waals surface area contributed by atoms with Crippen LogP contribution in [0.3, 0.4) is 0 Å². The summed E-state index contributed by atoms with van der Waals surface area (Å²) < 4.78 is 20.4. The van der Waals surface area contributed by atoms with Crippen LogP contribution in [0.1, 0.15) is 67.8 Å². The second-order valence-corrected chi connectivity index (χ2v) is 8.29. The molecule has 31 heavy (non-hydrogen) atoms. The Hall–Kier alpha value is -3.19. The van der Waals surface area contributed by atoms with Gasteiger partial charge in [0.15, 0.2) is 17.2 Å². The highest BCUT2D eigenvalue weighted by atomic mass is 19.1. The lowest BCUT2D eigenvalue weighted by Gasteiger charge is -2.34. The highest BCUT2D eigenvalue weighted by molar-refractivity contribution is 5.80.